The Morgan fingerprint density at radius 1 is 1.38 bits per heavy atom. The van der Waals surface area contributed by atoms with E-state index in [1.54, 1.807) is 6.92 Å². The highest BCUT2D eigenvalue weighted by atomic mass is 79.9. The molecule has 2 N–H and O–H groups in total. The Bertz CT molecular complexity index is 542. The molecule has 5 heteroatoms. The third-order valence-corrected chi connectivity index (χ3v) is 4.51. The van der Waals surface area contributed by atoms with E-state index in [1.165, 1.54) is 0 Å². The summed E-state index contributed by atoms with van der Waals surface area (Å²) in [6.07, 6.45) is 0.745. The minimum absolute atomic E-state index is 0.0424. The van der Waals surface area contributed by atoms with Gasteiger partial charge in [0.05, 0.1) is 5.41 Å². The fourth-order valence-electron chi connectivity index (χ4n) is 2.03. The molecule has 0 aromatic heterocycles. The standard InChI is InChI=1S/C16H22BrNO3/c1-5-11-8-12(17)6-7-13(11)18-14(19)9-16(4,10(2)3)15(20)21/h6-8,10H,5,9H2,1-4H3,(H,18,19)(H,20,21). The summed E-state index contributed by atoms with van der Waals surface area (Å²) < 4.78 is 0.954. The van der Waals surface area contributed by atoms with E-state index < -0.39 is 11.4 Å². The van der Waals surface area contributed by atoms with Crippen molar-refractivity contribution in [3.63, 3.8) is 0 Å². The number of hydrogen-bond acceptors (Lipinski definition) is 2. The number of hydrogen-bond donors (Lipinski definition) is 2. The number of aryl methyl sites for hydroxylation is 1. The van der Waals surface area contributed by atoms with E-state index in [9.17, 15) is 14.7 Å². The molecular formula is C16H22BrNO3. The van der Waals surface area contributed by atoms with Gasteiger partial charge in [0.25, 0.3) is 0 Å². The van der Waals surface area contributed by atoms with Crippen LogP contribution in [0.2, 0.25) is 0 Å². The summed E-state index contributed by atoms with van der Waals surface area (Å²) in [6.45, 7) is 7.26. The smallest absolute Gasteiger partial charge is 0.310 e. The fraction of sp³-hybridized carbons (Fsp3) is 0.500. The number of rotatable bonds is 6. The molecule has 1 rings (SSSR count). The Balaban J connectivity index is 2.89. The Morgan fingerprint density at radius 3 is 2.48 bits per heavy atom. The van der Waals surface area contributed by atoms with Gasteiger partial charge in [0, 0.05) is 16.6 Å². The largest absolute Gasteiger partial charge is 0.481 e. The molecule has 0 spiro atoms. The number of anilines is 1. The number of carbonyl (C=O) groups excluding carboxylic acids is 1. The predicted octanol–water partition coefficient (Wildman–Crippen LogP) is 4.09. The van der Waals surface area contributed by atoms with Crippen LogP contribution in [0.15, 0.2) is 22.7 Å². The Hall–Kier alpha value is -1.36. The summed E-state index contributed by atoms with van der Waals surface area (Å²) in [5.74, 6) is -1.35. The first-order valence-corrected chi connectivity index (χ1v) is 7.81. The zero-order valence-electron chi connectivity index (χ0n) is 12.9. The van der Waals surface area contributed by atoms with Crippen molar-refractivity contribution in [2.45, 2.75) is 40.5 Å². The summed E-state index contributed by atoms with van der Waals surface area (Å²) in [7, 11) is 0. The van der Waals surface area contributed by atoms with Crippen molar-refractivity contribution >= 4 is 33.5 Å². The molecule has 1 aromatic rings. The van der Waals surface area contributed by atoms with Crippen LogP contribution in [0.25, 0.3) is 0 Å². The van der Waals surface area contributed by atoms with E-state index in [4.69, 9.17) is 0 Å². The number of halogens is 1. The molecule has 1 unspecified atom stereocenters. The normalized spacial score (nSPS) is 13.8. The monoisotopic (exact) mass is 355 g/mol. The molecule has 0 heterocycles. The summed E-state index contributed by atoms with van der Waals surface area (Å²) in [4.78, 5) is 23.6. The van der Waals surface area contributed by atoms with E-state index >= 15 is 0 Å². The fourth-order valence-corrected chi connectivity index (χ4v) is 2.44. The van der Waals surface area contributed by atoms with Gasteiger partial charge in [0.1, 0.15) is 0 Å². The maximum Gasteiger partial charge on any atom is 0.310 e. The number of carboxylic acids is 1. The number of carboxylic acid groups (broad SMARTS) is 1. The van der Waals surface area contributed by atoms with Crippen LogP contribution in [0.4, 0.5) is 5.69 Å². The van der Waals surface area contributed by atoms with Crippen molar-refractivity contribution in [1.82, 2.24) is 0 Å². The van der Waals surface area contributed by atoms with Crippen LogP contribution in [0.1, 0.15) is 39.7 Å². The first kappa shape index (κ1) is 17.7. The van der Waals surface area contributed by atoms with Crippen LogP contribution in [-0.2, 0) is 16.0 Å². The van der Waals surface area contributed by atoms with Crippen LogP contribution < -0.4 is 5.32 Å². The highest BCUT2D eigenvalue weighted by molar-refractivity contribution is 9.10. The number of carbonyl (C=O) groups is 2. The van der Waals surface area contributed by atoms with Crippen molar-refractivity contribution in [2.75, 3.05) is 5.32 Å². The SMILES string of the molecule is CCc1cc(Br)ccc1NC(=O)CC(C)(C(=O)O)C(C)C. The molecule has 116 valence electrons. The molecule has 1 amide bonds. The van der Waals surface area contributed by atoms with Gasteiger partial charge in [-0.3, -0.25) is 9.59 Å². The van der Waals surface area contributed by atoms with Gasteiger partial charge in [-0.2, -0.15) is 0 Å². The van der Waals surface area contributed by atoms with Crippen LogP contribution in [-0.4, -0.2) is 17.0 Å². The second-order valence-electron chi connectivity index (χ2n) is 5.76. The minimum Gasteiger partial charge on any atom is -0.481 e. The van der Waals surface area contributed by atoms with Gasteiger partial charge in [-0.1, -0.05) is 36.7 Å². The average molecular weight is 356 g/mol. The molecule has 0 aliphatic carbocycles. The molecule has 0 aliphatic heterocycles. The summed E-state index contributed by atoms with van der Waals surface area (Å²) in [6, 6.07) is 5.64. The molecule has 0 saturated heterocycles. The lowest BCUT2D eigenvalue weighted by molar-refractivity contribution is -0.153. The first-order chi connectivity index (χ1) is 9.70. The summed E-state index contributed by atoms with van der Waals surface area (Å²) in [5.41, 5.74) is 0.688. The van der Waals surface area contributed by atoms with Crippen LogP contribution in [0, 0.1) is 11.3 Å². The zero-order chi connectivity index (χ0) is 16.2. The maximum absolute atomic E-state index is 12.2. The lowest BCUT2D eigenvalue weighted by Crippen LogP contribution is -2.37. The molecule has 21 heavy (non-hydrogen) atoms. The Labute approximate surface area is 134 Å². The van der Waals surface area contributed by atoms with Crippen molar-refractivity contribution in [1.29, 1.82) is 0 Å². The topological polar surface area (TPSA) is 66.4 Å². The lowest BCUT2D eigenvalue weighted by Gasteiger charge is -2.28. The van der Waals surface area contributed by atoms with Gasteiger partial charge < -0.3 is 10.4 Å². The van der Waals surface area contributed by atoms with Crippen LogP contribution in [0.3, 0.4) is 0 Å². The molecule has 1 atom stereocenters. The second-order valence-corrected chi connectivity index (χ2v) is 6.67. The van der Waals surface area contributed by atoms with Gasteiger partial charge in [-0.25, -0.2) is 0 Å². The van der Waals surface area contributed by atoms with E-state index in [0.717, 1.165) is 22.1 Å². The van der Waals surface area contributed by atoms with Crippen molar-refractivity contribution < 1.29 is 14.7 Å². The highest BCUT2D eigenvalue weighted by Gasteiger charge is 2.38. The quantitative estimate of drug-likeness (QED) is 0.807. The maximum atomic E-state index is 12.2. The number of nitrogens with one attached hydrogen (secondary N) is 1. The van der Waals surface area contributed by atoms with Crippen molar-refractivity contribution in [3.05, 3.63) is 28.2 Å². The van der Waals surface area contributed by atoms with Crippen molar-refractivity contribution in [3.8, 4) is 0 Å². The molecule has 0 aliphatic rings. The van der Waals surface area contributed by atoms with E-state index in [2.05, 4.69) is 21.2 Å². The van der Waals surface area contributed by atoms with Gasteiger partial charge >= 0.3 is 5.97 Å². The molecule has 4 nitrogen and oxygen atoms in total. The third kappa shape index (κ3) is 4.30. The average Bonchev–Trinajstić information content (AvgIpc) is 2.40. The summed E-state index contributed by atoms with van der Waals surface area (Å²) >= 11 is 3.40. The summed E-state index contributed by atoms with van der Waals surface area (Å²) in [5, 5.41) is 12.2. The molecule has 0 fully saturated rings. The lowest BCUT2D eigenvalue weighted by atomic mass is 9.76. The number of benzene rings is 1. The van der Waals surface area contributed by atoms with Crippen LogP contribution in [0.5, 0.6) is 0 Å². The first-order valence-electron chi connectivity index (χ1n) is 7.02. The molecule has 1 aromatic carbocycles. The third-order valence-electron chi connectivity index (χ3n) is 4.01. The van der Waals surface area contributed by atoms with Gasteiger partial charge in [-0.15, -0.1) is 0 Å². The highest BCUT2D eigenvalue weighted by Crippen LogP contribution is 2.32. The predicted molar refractivity (Wildman–Crippen MR) is 87.3 cm³/mol. The molecule has 0 saturated carbocycles. The minimum atomic E-state index is -1.06. The van der Waals surface area contributed by atoms with Crippen molar-refractivity contribution in [2.24, 2.45) is 11.3 Å². The van der Waals surface area contributed by atoms with Crippen LogP contribution >= 0.6 is 15.9 Å². The van der Waals surface area contributed by atoms with Gasteiger partial charge in [0.15, 0.2) is 0 Å². The van der Waals surface area contributed by atoms with Gasteiger partial charge in [-0.05, 0) is 43.0 Å². The van der Waals surface area contributed by atoms with E-state index in [0.29, 0.717) is 0 Å². The van der Waals surface area contributed by atoms with E-state index in [-0.39, 0.29) is 18.2 Å². The molecular weight excluding hydrogens is 334 g/mol. The molecule has 0 bridgehead atoms. The molecule has 0 radical (unpaired) electrons. The second kappa shape index (κ2) is 7.07. The van der Waals surface area contributed by atoms with Gasteiger partial charge in [0.2, 0.25) is 5.91 Å². The Kier molecular flexibility index (Phi) is 5.96. The number of amides is 1. The zero-order valence-corrected chi connectivity index (χ0v) is 14.5. The van der Waals surface area contributed by atoms with E-state index in [1.807, 2.05) is 39.0 Å². The number of aliphatic carboxylic acids is 1. The Morgan fingerprint density at radius 2 is 2.00 bits per heavy atom.